The van der Waals surface area contributed by atoms with Crippen LogP contribution in [0.3, 0.4) is 0 Å². The van der Waals surface area contributed by atoms with Crippen molar-refractivity contribution in [1.82, 2.24) is 0 Å². The van der Waals surface area contributed by atoms with Gasteiger partial charge in [0.05, 0.1) is 16.0 Å². The minimum Gasteiger partial charge on any atom is -0.478 e. The Morgan fingerprint density at radius 2 is 2.00 bits per heavy atom. The van der Waals surface area contributed by atoms with Crippen LogP contribution in [0.2, 0.25) is 0 Å². The van der Waals surface area contributed by atoms with Gasteiger partial charge in [0.25, 0.3) is 0 Å². The molecular weight excluding hydrogens is 230 g/mol. The van der Waals surface area contributed by atoms with Crippen LogP contribution in [0, 0.1) is 18.3 Å². The standard InChI is InChI=1S/C10H9NO4S/c1-6-8(10(12)13)4-3-7(5-11)9(6)16(2,14)15/h3-4H,1-2H3,(H,12,13). The van der Waals surface area contributed by atoms with E-state index >= 15 is 0 Å². The van der Waals surface area contributed by atoms with Gasteiger partial charge in [-0.2, -0.15) is 5.26 Å². The van der Waals surface area contributed by atoms with E-state index in [1.54, 1.807) is 6.07 Å². The maximum absolute atomic E-state index is 11.5. The van der Waals surface area contributed by atoms with E-state index in [1.165, 1.54) is 19.1 Å². The number of sulfone groups is 1. The Kier molecular flexibility index (Phi) is 3.01. The maximum Gasteiger partial charge on any atom is 0.335 e. The van der Waals surface area contributed by atoms with Gasteiger partial charge in [0.15, 0.2) is 9.84 Å². The summed E-state index contributed by atoms with van der Waals surface area (Å²) in [5.74, 6) is -1.22. The van der Waals surface area contributed by atoms with Gasteiger partial charge in [0, 0.05) is 6.26 Å². The zero-order valence-corrected chi connectivity index (χ0v) is 9.50. The second-order valence-electron chi connectivity index (χ2n) is 3.30. The molecular formula is C10H9NO4S. The second kappa shape index (κ2) is 3.94. The molecule has 0 bridgehead atoms. The number of nitrogens with zero attached hydrogens (tertiary/aromatic N) is 1. The van der Waals surface area contributed by atoms with Crippen LogP contribution in [-0.2, 0) is 9.84 Å². The first-order valence-corrected chi connectivity index (χ1v) is 6.15. The van der Waals surface area contributed by atoms with Gasteiger partial charge in [-0.1, -0.05) is 0 Å². The van der Waals surface area contributed by atoms with Crippen LogP contribution in [0.4, 0.5) is 0 Å². The molecule has 0 saturated carbocycles. The summed E-state index contributed by atoms with van der Waals surface area (Å²) in [7, 11) is -3.62. The monoisotopic (exact) mass is 239 g/mol. The van der Waals surface area contributed by atoms with E-state index < -0.39 is 15.8 Å². The Morgan fingerprint density at radius 1 is 1.44 bits per heavy atom. The Bertz CT molecular complexity index is 596. The SMILES string of the molecule is Cc1c(C(=O)O)ccc(C#N)c1S(C)(=O)=O. The van der Waals surface area contributed by atoms with Crippen molar-refractivity contribution in [3.63, 3.8) is 0 Å². The summed E-state index contributed by atoms with van der Waals surface area (Å²) in [4.78, 5) is 10.6. The van der Waals surface area contributed by atoms with Crippen molar-refractivity contribution < 1.29 is 18.3 Å². The van der Waals surface area contributed by atoms with E-state index in [-0.39, 0.29) is 21.6 Å². The zero-order chi connectivity index (χ0) is 12.5. The summed E-state index contributed by atoms with van der Waals surface area (Å²) < 4.78 is 22.9. The number of carboxylic acids is 1. The molecule has 0 amide bonds. The highest BCUT2D eigenvalue weighted by molar-refractivity contribution is 7.90. The van der Waals surface area contributed by atoms with Crippen LogP contribution in [0.1, 0.15) is 21.5 Å². The summed E-state index contributed by atoms with van der Waals surface area (Å²) in [5, 5.41) is 17.6. The lowest BCUT2D eigenvalue weighted by atomic mass is 10.1. The summed E-state index contributed by atoms with van der Waals surface area (Å²) in [5.41, 5.74) is -0.0570. The summed E-state index contributed by atoms with van der Waals surface area (Å²) >= 11 is 0. The molecule has 1 aromatic carbocycles. The van der Waals surface area contributed by atoms with Crippen molar-refractivity contribution in [2.24, 2.45) is 0 Å². The van der Waals surface area contributed by atoms with Crippen molar-refractivity contribution in [2.75, 3.05) is 6.26 Å². The summed E-state index contributed by atoms with van der Waals surface area (Å²) in [6.07, 6.45) is 0.946. The average Bonchev–Trinajstić information content (AvgIpc) is 2.14. The highest BCUT2D eigenvalue weighted by Gasteiger charge is 2.21. The predicted molar refractivity (Wildman–Crippen MR) is 56.0 cm³/mol. The predicted octanol–water partition coefficient (Wildman–Crippen LogP) is 0.968. The van der Waals surface area contributed by atoms with Gasteiger partial charge >= 0.3 is 5.97 Å². The normalized spacial score (nSPS) is 10.8. The molecule has 0 heterocycles. The number of nitriles is 1. The van der Waals surface area contributed by atoms with E-state index in [9.17, 15) is 13.2 Å². The van der Waals surface area contributed by atoms with Crippen LogP contribution >= 0.6 is 0 Å². The number of carboxylic acid groups (broad SMARTS) is 1. The van der Waals surface area contributed by atoms with Gasteiger partial charge in [0.2, 0.25) is 0 Å². The molecule has 1 rings (SSSR count). The number of hydrogen-bond acceptors (Lipinski definition) is 4. The molecule has 16 heavy (non-hydrogen) atoms. The highest BCUT2D eigenvalue weighted by atomic mass is 32.2. The molecule has 6 heteroatoms. The van der Waals surface area contributed by atoms with Crippen molar-refractivity contribution in [3.05, 3.63) is 28.8 Å². The minimum absolute atomic E-state index is 0.0370. The molecule has 0 radical (unpaired) electrons. The average molecular weight is 239 g/mol. The number of aromatic carboxylic acids is 1. The molecule has 0 unspecified atom stereocenters. The van der Waals surface area contributed by atoms with Crippen molar-refractivity contribution >= 4 is 15.8 Å². The molecule has 84 valence electrons. The molecule has 1 N–H and O–H groups in total. The van der Waals surface area contributed by atoms with Crippen molar-refractivity contribution in [1.29, 1.82) is 5.26 Å². The van der Waals surface area contributed by atoms with Crippen LogP contribution in [0.15, 0.2) is 17.0 Å². The fraction of sp³-hybridized carbons (Fsp3) is 0.200. The number of hydrogen-bond donors (Lipinski definition) is 1. The summed E-state index contributed by atoms with van der Waals surface area (Å²) in [6, 6.07) is 4.17. The molecule has 0 fully saturated rings. The molecule has 0 aliphatic carbocycles. The Balaban J connectivity index is 3.76. The topological polar surface area (TPSA) is 95.2 Å². The molecule has 0 atom stereocenters. The largest absolute Gasteiger partial charge is 0.478 e. The molecule has 0 aromatic heterocycles. The molecule has 0 saturated heterocycles. The molecule has 5 nitrogen and oxygen atoms in total. The van der Waals surface area contributed by atoms with Crippen molar-refractivity contribution in [2.45, 2.75) is 11.8 Å². The lowest BCUT2D eigenvalue weighted by Crippen LogP contribution is -2.09. The maximum atomic E-state index is 11.5. The third-order valence-corrected chi connectivity index (χ3v) is 3.40. The minimum atomic E-state index is -3.62. The van der Waals surface area contributed by atoms with Crippen LogP contribution in [0.25, 0.3) is 0 Å². The number of carbonyl (C=O) groups is 1. The van der Waals surface area contributed by atoms with Crippen LogP contribution in [-0.4, -0.2) is 25.7 Å². The Hall–Kier alpha value is -1.87. The third kappa shape index (κ3) is 2.04. The first-order chi connectivity index (χ1) is 7.29. The fourth-order valence-corrected chi connectivity index (χ4v) is 2.67. The van der Waals surface area contributed by atoms with Gasteiger partial charge in [-0.15, -0.1) is 0 Å². The van der Waals surface area contributed by atoms with Crippen molar-refractivity contribution in [3.8, 4) is 6.07 Å². The Labute approximate surface area is 92.9 Å². The lowest BCUT2D eigenvalue weighted by Gasteiger charge is -2.08. The molecule has 0 aliphatic heterocycles. The molecule has 0 aliphatic rings. The summed E-state index contributed by atoms with van der Waals surface area (Å²) in [6.45, 7) is 1.38. The number of benzene rings is 1. The van der Waals surface area contributed by atoms with Gasteiger partial charge in [-0.25, -0.2) is 13.2 Å². The van der Waals surface area contributed by atoms with Crippen LogP contribution in [0.5, 0.6) is 0 Å². The van der Waals surface area contributed by atoms with Gasteiger partial charge < -0.3 is 5.11 Å². The molecule has 0 spiro atoms. The molecule has 1 aromatic rings. The second-order valence-corrected chi connectivity index (χ2v) is 5.26. The highest BCUT2D eigenvalue weighted by Crippen LogP contribution is 2.23. The first kappa shape index (κ1) is 12.2. The zero-order valence-electron chi connectivity index (χ0n) is 8.68. The van der Waals surface area contributed by atoms with Gasteiger partial charge in [-0.3, -0.25) is 0 Å². The fourth-order valence-electron chi connectivity index (χ4n) is 1.49. The van der Waals surface area contributed by atoms with E-state index in [0.29, 0.717) is 0 Å². The first-order valence-electron chi connectivity index (χ1n) is 4.26. The van der Waals surface area contributed by atoms with Gasteiger partial charge in [-0.05, 0) is 24.6 Å². The third-order valence-electron chi connectivity index (χ3n) is 2.13. The van der Waals surface area contributed by atoms with E-state index in [2.05, 4.69) is 0 Å². The van der Waals surface area contributed by atoms with E-state index in [4.69, 9.17) is 10.4 Å². The smallest absolute Gasteiger partial charge is 0.335 e. The number of rotatable bonds is 2. The quantitative estimate of drug-likeness (QED) is 0.829. The lowest BCUT2D eigenvalue weighted by molar-refractivity contribution is 0.0696. The van der Waals surface area contributed by atoms with Crippen LogP contribution < -0.4 is 0 Å². The Morgan fingerprint density at radius 3 is 2.38 bits per heavy atom. The van der Waals surface area contributed by atoms with Gasteiger partial charge in [0.1, 0.15) is 6.07 Å². The van der Waals surface area contributed by atoms with E-state index in [0.717, 1.165) is 6.26 Å². The van der Waals surface area contributed by atoms with E-state index in [1.807, 2.05) is 0 Å².